The standard InChI is InChI=1S/C21H25FN2O5/c1-11-8-12(2)16(15(9-11)27-6)17-14(22)10-13(19(25)28-7)18(23-17)24-20(26)29-21(3,4)5/h8-10H,1-7H3,(H,23,24,26). The van der Waals surface area contributed by atoms with Crippen molar-refractivity contribution in [3.63, 3.8) is 0 Å². The number of nitrogens with zero attached hydrogens (tertiary/aromatic N) is 1. The Morgan fingerprint density at radius 3 is 2.31 bits per heavy atom. The van der Waals surface area contributed by atoms with E-state index in [4.69, 9.17) is 9.47 Å². The maximum absolute atomic E-state index is 14.9. The Labute approximate surface area is 169 Å². The molecule has 0 saturated carbocycles. The molecule has 0 bridgehead atoms. The van der Waals surface area contributed by atoms with E-state index in [0.717, 1.165) is 24.3 Å². The third-order valence-corrected chi connectivity index (χ3v) is 3.90. The molecule has 0 spiro atoms. The van der Waals surface area contributed by atoms with E-state index in [-0.39, 0.29) is 17.1 Å². The van der Waals surface area contributed by atoms with E-state index < -0.39 is 23.5 Å². The highest BCUT2D eigenvalue weighted by molar-refractivity contribution is 5.99. The van der Waals surface area contributed by atoms with Crippen LogP contribution in [0.1, 0.15) is 42.3 Å². The summed E-state index contributed by atoms with van der Waals surface area (Å²) in [5.41, 5.74) is 1.000. The van der Waals surface area contributed by atoms with Crippen LogP contribution < -0.4 is 10.1 Å². The summed E-state index contributed by atoms with van der Waals surface area (Å²) in [7, 11) is 2.62. The van der Waals surface area contributed by atoms with Crippen LogP contribution in [0.3, 0.4) is 0 Å². The number of nitrogens with one attached hydrogen (secondary N) is 1. The monoisotopic (exact) mass is 404 g/mol. The Balaban J connectivity index is 2.65. The van der Waals surface area contributed by atoms with Gasteiger partial charge in [-0.3, -0.25) is 5.32 Å². The van der Waals surface area contributed by atoms with Crippen molar-refractivity contribution < 1.29 is 28.2 Å². The quantitative estimate of drug-likeness (QED) is 0.747. The van der Waals surface area contributed by atoms with Gasteiger partial charge in [0.1, 0.15) is 22.6 Å². The van der Waals surface area contributed by atoms with Crippen molar-refractivity contribution >= 4 is 17.9 Å². The summed E-state index contributed by atoms with van der Waals surface area (Å²) in [6, 6.07) is 4.58. The van der Waals surface area contributed by atoms with Crippen molar-refractivity contribution in [3.8, 4) is 17.0 Å². The Morgan fingerprint density at radius 1 is 1.10 bits per heavy atom. The molecule has 0 fully saturated rings. The molecule has 2 aromatic rings. The first-order valence-electron chi connectivity index (χ1n) is 8.91. The average Bonchev–Trinajstić information content (AvgIpc) is 2.60. The molecule has 1 amide bonds. The van der Waals surface area contributed by atoms with Crippen LogP contribution in [0.5, 0.6) is 5.75 Å². The Bertz CT molecular complexity index is 951. The van der Waals surface area contributed by atoms with Crippen molar-refractivity contribution in [1.29, 1.82) is 0 Å². The minimum absolute atomic E-state index is 0.0712. The smallest absolute Gasteiger partial charge is 0.413 e. The number of rotatable bonds is 4. The second kappa shape index (κ2) is 8.46. The van der Waals surface area contributed by atoms with Gasteiger partial charge >= 0.3 is 12.1 Å². The maximum Gasteiger partial charge on any atom is 0.413 e. The molecule has 1 heterocycles. The molecule has 0 atom stereocenters. The van der Waals surface area contributed by atoms with Crippen molar-refractivity contribution in [1.82, 2.24) is 4.98 Å². The molecule has 2 rings (SSSR count). The Kier molecular flexibility index (Phi) is 6.46. The number of hydrogen-bond donors (Lipinski definition) is 1. The first-order valence-corrected chi connectivity index (χ1v) is 8.91. The SMILES string of the molecule is COC(=O)c1cc(F)c(-c2c(C)cc(C)cc2OC)nc1NC(=O)OC(C)(C)C. The van der Waals surface area contributed by atoms with Gasteiger partial charge in [0.2, 0.25) is 0 Å². The molecular formula is C21H25FN2O5. The number of carbonyl (C=O) groups excluding carboxylic acids is 2. The minimum atomic E-state index is -0.846. The van der Waals surface area contributed by atoms with Gasteiger partial charge in [0.25, 0.3) is 0 Å². The number of aromatic nitrogens is 1. The summed E-state index contributed by atoms with van der Waals surface area (Å²) in [5.74, 6) is -1.36. The zero-order valence-corrected chi connectivity index (χ0v) is 17.6. The number of aryl methyl sites for hydroxylation is 2. The topological polar surface area (TPSA) is 86.8 Å². The predicted molar refractivity (Wildman–Crippen MR) is 107 cm³/mol. The van der Waals surface area contributed by atoms with Gasteiger partial charge in [-0.1, -0.05) is 6.07 Å². The van der Waals surface area contributed by atoms with Crippen molar-refractivity contribution in [2.45, 2.75) is 40.2 Å². The van der Waals surface area contributed by atoms with Crippen LogP contribution in [-0.2, 0) is 9.47 Å². The van der Waals surface area contributed by atoms with Crippen molar-refractivity contribution in [2.24, 2.45) is 0 Å². The predicted octanol–water partition coefficient (Wildman–Crippen LogP) is 4.65. The van der Waals surface area contributed by atoms with Crippen LogP contribution in [0.15, 0.2) is 18.2 Å². The van der Waals surface area contributed by atoms with E-state index in [1.54, 1.807) is 33.8 Å². The molecule has 8 heteroatoms. The van der Waals surface area contributed by atoms with Crippen LogP contribution in [0.25, 0.3) is 11.3 Å². The number of halogens is 1. The van der Waals surface area contributed by atoms with E-state index in [1.165, 1.54) is 7.11 Å². The zero-order chi connectivity index (χ0) is 21.9. The fraction of sp³-hybridized carbons (Fsp3) is 0.381. The molecule has 0 radical (unpaired) electrons. The number of amides is 1. The molecule has 1 aromatic carbocycles. The molecule has 1 N–H and O–H groups in total. The summed E-state index contributed by atoms with van der Waals surface area (Å²) in [6.45, 7) is 8.76. The lowest BCUT2D eigenvalue weighted by atomic mass is 10.00. The summed E-state index contributed by atoms with van der Waals surface area (Å²) in [6.07, 6.45) is -0.833. The number of anilines is 1. The first-order chi connectivity index (χ1) is 13.5. The summed E-state index contributed by atoms with van der Waals surface area (Å²) < 4.78 is 30.2. The highest BCUT2D eigenvalue weighted by atomic mass is 19.1. The maximum atomic E-state index is 14.9. The van der Waals surface area contributed by atoms with Gasteiger partial charge in [-0.15, -0.1) is 0 Å². The highest BCUT2D eigenvalue weighted by Gasteiger charge is 2.25. The normalized spacial score (nSPS) is 11.0. The largest absolute Gasteiger partial charge is 0.496 e. The second-order valence-electron chi connectivity index (χ2n) is 7.49. The van der Waals surface area contributed by atoms with Crippen LogP contribution in [-0.4, -0.2) is 36.9 Å². The number of esters is 1. The summed E-state index contributed by atoms with van der Waals surface area (Å²) >= 11 is 0. The molecule has 7 nitrogen and oxygen atoms in total. The lowest BCUT2D eigenvalue weighted by molar-refractivity contribution is 0.0601. The zero-order valence-electron chi connectivity index (χ0n) is 17.6. The third-order valence-electron chi connectivity index (χ3n) is 3.90. The van der Waals surface area contributed by atoms with Crippen LogP contribution in [0.4, 0.5) is 15.0 Å². The molecule has 0 saturated heterocycles. The van der Waals surface area contributed by atoms with Gasteiger partial charge in [0.05, 0.1) is 14.2 Å². The first kappa shape index (κ1) is 22.1. The Morgan fingerprint density at radius 2 is 1.76 bits per heavy atom. The van der Waals surface area contributed by atoms with Crippen LogP contribution in [0, 0.1) is 19.7 Å². The number of methoxy groups -OCH3 is 2. The van der Waals surface area contributed by atoms with E-state index in [9.17, 15) is 14.0 Å². The van der Waals surface area contributed by atoms with Crippen LogP contribution >= 0.6 is 0 Å². The van der Waals surface area contributed by atoms with Gasteiger partial charge in [-0.25, -0.2) is 19.0 Å². The summed E-state index contributed by atoms with van der Waals surface area (Å²) in [4.78, 5) is 28.5. The van der Waals surface area contributed by atoms with Gasteiger partial charge in [0, 0.05) is 5.56 Å². The van der Waals surface area contributed by atoms with E-state index in [2.05, 4.69) is 15.0 Å². The fourth-order valence-corrected chi connectivity index (χ4v) is 2.82. The fourth-order valence-electron chi connectivity index (χ4n) is 2.82. The van der Waals surface area contributed by atoms with Gasteiger partial charge in [-0.05, 0) is 57.9 Å². The lowest BCUT2D eigenvalue weighted by Gasteiger charge is -2.20. The second-order valence-corrected chi connectivity index (χ2v) is 7.49. The van der Waals surface area contributed by atoms with E-state index in [1.807, 2.05) is 13.0 Å². The van der Waals surface area contributed by atoms with Gasteiger partial charge in [0.15, 0.2) is 11.6 Å². The molecule has 0 aliphatic carbocycles. The van der Waals surface area contributed by atoms with Gasteiger partial charge in [-0.2, -0.15) is 0 Å². The van der Waals surface area contributed by atoms with E-state index in [0.29, 0.717) is 11.3 Å². The number of ether oxygens (including phenoxy) is 3. The third kappa shape index (κ3) is 5.22. The minimum Gasteiger partial charge on any atom is -0.496 e. The van der Waals surface area contributed by atoms with Crippen LogP contribution in [0.2, 0.25) is 0 Å². The molecule has 29 heavy (non-hydrogen) atoms. The lowest BCUT2D eigenvalue weighted by Crippen LogP contribution is -2.28. The van der Waals surface area contributed by atoms with Crippen molar-refractivity contribution in [2.75, 3.05) is 19.5 Å². The molecule has 156 valence electrons. The summed E-state index contributed by atoms with van der Waals surface area (Å²) in [5, 5.41) is 2.41. The molecule has 0 unspecified atom stereocenters. The number of benzene rings is 1. The molecule has 0 aliphatic heterocycles. The van der Waals surface area contributed by atoms with Crippen molar-refractivity contribution in [3.05, 3.63) is 40.7 Å². The molecule has 1 aromatic heterocycles. The molecular weight excluding hydrogens is 379 g/mol. The molecule has 0 aliphatic rings. The number of carbonyl (C=O) groups is 2. The average molecular weight is 404 g/mol. The van der Waals surface area contributed by atoms with E-state index >= 15 is 0 Å². The Hall–Kier alpha value is -3.16. The number of pyridine rings is 1. The van der Waals surface area contributed by atoms with Gasteiger partial charge < -0.3 is 14.2 Å². The number of hydrogen-bond acceptors (Lipinski definition) is 6. The highest BCUT2D eigenvalue weighted by Crippen LogP contribution is 2.36.